The molecule has 1 amide bonds. The summed E-state index contributed by atoms with van der Waals surface area (Å²) in [4.78, 5) is 29.5. The monoisotopic (exact) mass is 193 g/mol. The molecule has 1 heterocycles. The predicted molar refractivity (Wildman–Crippen MR) is 50.7 cm³/mol. The molecule has 0 aliphatic heterocycles. The third kappa shape index (κ3) is 3.30. The van der Waals surface area contributed by atoms with E-state index in [2.05, 4.69) is 15.3 Å². The van der Waals surface area contributed by atoms with E-state index in [0.29, 0.717) is 0 Å². The average molecular weight is 193 g/mol. The molecule has 5 heteroatoms. The lowest BCUT2D eigenvalue weighted by atomic mass is 10.3. The Bertz CT molecular complexity index is 363. The van der Waals surface area contributed by atoms with Gasteiger partial charge in [0.15, 0.2) is 0 Å². The van der Waals surface area contributed by atoms with Gasteiger partial charge in [0.25, 0.3) is 0 Å². The number of hydrogen-bond donors (Lipinski definition) is 1. The van der Waals surface area contributed by atoms with E-state index < -0.39 is 0 Å². The van der Waals surface area contributed by atoms with Gasteiger partial charge in [-0.15, -0.1) is 0 Å². The predicted octanol–water partition coefficient (Wildman–Crippen LogP) is 0.703. The number of nitrogens with one attached hydrogen (secondary N) is 1. The van der Waals surface area contributed by atoms with Gasteiger partial charge in [0, 0.05) is 11.9 Å². The maximum Gasteiger partial charge on any atom is 0.234 e. The lowest BCUT2D eigenvalue weighted by molar-refractivity contribution is -0.124. The van der Waals surface area contributed by atoms with Gasteiger partial charge in [0.05, 0.1) is 6.42 Å². The topological polar surface area (TPSA) is 72.0 Å². The smallest absolute Gasteiger partial charge is 0.234 e. The normalized spacial score (nSPS) is 9.57. The molecule has 0 saturated carbocycles. The standard InChI is InChI=1S/C9H11N3O2/c1-6-3-4-10-9(11-6)12-8(14)5-7(2)13/h3-4H,5H2,1-2H3,(H,10,11,12,14). The number of nitrogens with zero attached hydrogens (tertiary/aromatic N) is 2. The average Bonchev–Trinajstić information content (AvgIpc) is 2.01. The highest BCUT2D eigenvalue weighted by Gasteiger charge is 2.06. The van der Waals surface area contributed by atoms with E-state index in [9.17, 15) is 9.59 Å². The number of aromatic nitrogens is 2. The molecule has 74 valence electrons. The molecule has 1 aromatic rings. The number of hydrogen-bond acceptors (Lipinski definition) is 4. The maximum absolute atomic E-state index is 11.1. The van der Waals surface area contributed by atoms with E-state index in [4.69, 9.17) is 0 Å². The van der Waals surface area contributed by atoms with Crippen LogP contribution >= 0.6 is 0 Å². The Morgan fingerprint density at radius 3 is 2.79 bits per heavy atom. The molecule has 0 radical (unpaired) electrons. The molecule has 1 rings (SSSR count). The number of Topliss-reactive ketones (excluding diaryl/α,β-unsaturated/α-hetero) is 1. The molecule has 1 N–H and O–H groups in total. The highest BCUT2D eigenvalue weighted by molar-refractivity contribution is 6.02. The second-order valence-corrected chi connectivity index (χ2v) is 2.95. The summed E-state index contributed by atoms with van der Waals surface area (Å²) in [6, 6.07) is 1.72. The van der Waals surface area contributed by atoms with Crippen molar-refractivity contribution in [2.45, 2.75) is 20.3 Å². The molecule has 0 aliphatic carbocycles. The number of rotatable bonds is 3. The summed E-state index contributed by atoms with van der Waals surface area (Å²) in [6.07, 6.45) is 1.41. The first-order chi connectivity index (χ1) is 6.58. The Morgan fingerprint density at radius 1 is 1.50 bits per heavy atom. The minimum atomic E-state index is -0.386. The first kappa shape index (κ1) is 10.3. The summed E-state index contributed by atoms with van der Waals surface area (Å²) in [5.74, 6) is -0.338. The molecule has 0 aliphatic rings. The third-order valence-electron chi connectivity index (χ3n) is 1.46. The summed E-state index contributed by atoms with van der Waals surface area (Å²) >= 11 is 0. The van der Waals surface area contributed by atoms with Gasteiger partial charge in [-0.2, -0.15) is 0 Å². The highest BCUT2D eigenvalue weighted by atomic mass is 16.2. The quantitative estimate of drug-likeness (QED) is 0.717. The number of carbonyl (C=O) groups is 2. The van der Waals surface area contributed by atoms with Crippen LogP contribution in [0.1, 0.15) is 19.0 Å². The van der Waals surface area contributed by atoms with Crippen molar-refractivity contribution in [1.82, 2.24) is 9.97 Å². The molecule has 0 saturated heterocycles. The largest absolute Gasteiger partial charge is 0.299 e. The molecule has 14 heavy (non-hydrogen) atoms. The van der Waals surface area contributed by atoms with E-state index in [1.807, 2.05) is 0 Å². The van der Waals surface area contributed by atoms with E-state index in [-0.39, 0.29) is 24.1 Å². The van der Waals surface area contributed by atoms with Crippen LogP contribution in [0, 0.1) is 6.92 Å². The fourth-order valence-electron chi connectivity index (χ4n) is 0.904. The lowest BCUT2D eigenvalue weighted by Gasteiger charge is -2.01. The number of ketones is 1. The van der Waals surface area contributed by atoms with Gasteiger partial charge in [-0.3, -0.25) is 14.9 Å². The molecule has 0 unspecified atom stereocenters. The van der Waals surface area contributed by atoms with Crippen LogP contribution < -0.4 is 5.32 Å². The molecule has 1 aromatic heterocycles. The third-order valence-corrected chi connectivity index (χ3v) is 1.46. The van der Waals surface area contributed by atoms with Gasteiger partial charge in [-0.05, 0) is 19.9 Å². The first-order valence-electron chi connectivity index (χ1n) is 4.17. The minimum absolute atomic E-state index is 0.142. The Hall–Kier alpha value is -1.78. The molecule has 0 spiro atoms. The zero-order valence-electron chi connectivity index (χ0n) is 8.07. The van der Waals surface area contributed by atoms with Crippen molar-refractivity contribution >= 4 is 17.6 Å². The summed E-state index contributed by atoms with van der Waals surface area (Å²) in [5, 5.41) is 2.43. The number of amides is 1. The van der Waals surface area contributed by atoms with E-state index >= 15 is 0 Å². The van der Waals surface area contributed by atoms with E-state index in [1.54, 1.807) is 19.2 Å². The van der Waals surface area contributed by atoms with Crippen molar-refractivity contribution in [2.24, 2.45) is 0 Å². The van der Waals surface area contributed by atoms with Crippen molar-refractivity contribution < 1.29 is 9.59 Å². The van der Waals surface area contributed by atoms with Crippen LogP contribution in [0.5, 0.6) is 0 Å². The highest BCUT2D eigenvalue weighted by Crippen LogP contribution is 1.99. The van der Waals surface area contributed by atoms with Gasteiger partial charge in [-0.1, -0.05) is 0 Å². The molecular formula is C9H11N3O2. The molecule has 0 aromatic carbocycles. The SMILES string of the molecule is CC(=O)CC(=O)Nc1nccc(C)n1. The van der Waals surface area contributed by atoms with Crippen LogP contribution in [-0.2, 0) is 9.59 Å². The zero-order valence-corrected chi connectivity index (χ0v) is 8.07. The molecule has 5 nitrogen and oxygen atoms in total. The van der Waals surface area contributed by atoms with Gasteiger partial charge < -0.3 is 0 Å². The van der Waals surface area contributed by atoms with Crippen molar-refractivity contribution in [2.75, 3.05) is 5.32 Å². The van der Waals surface area contributed by atoms with Gasteiger partial charge in [-0.25, -0.2) is 9.97 Å². The van der Waals surface area contributed by atoms with Crippen molar-refractivity contribution in [3.8, 4) is 0 Å². The number of anilines is 1. The van der Waals surface area contributed by atoms with Crippen LogP contribution in [0.4, 0.5) is 5.95 Å². The fourth-order valence-corrected chi connectivity index (χ4v) is 0.904. The summed E-state index contributed by atoms with van der Waals surface area (Å²) in [6.45, 7) is 3.15. The molecular weight excluding hydrogens is 182 g/mol. The van der Waals surface area contributed by atoms with Crippen molar-refractivity contribution in [3.05, 3.63) is 18.0 Å². The van der Waals surface area contributed by atoms with Gasteiger partial charge in [0.2, 0.25) is 11.9 Å². The Balaban J connectivity index is 2.60. The minimum Gasteiger partial charge on any atom is -0.299 e. The molecule has 0 fully saturated rings. The number of aryl methyl sites for hydroxylation is 1. The fraction of sp³-hybridized carbons (Fsp3) is 0.333. The Morgan fingerprint density at radius 2 is 2.21 bits per heavy atom. The lowest BCUT2D eigenvalue weighted by Crippen LogP contribution is -2.16. The van der Waals surface area contributed by atoms with Crippen LogP contribution in [0.3, 0.4) is 0 Å². The summed E-state index contributed by atoms with van der Waals surface area (Å²) < 4.78 is 0. The molecule has 0 atom stereocenters. The Kier molecular flexibility index (Phi) is 3.28. The summed E-state index contributed by atoms with van der Waals surface area (Å²) in [5.41, 5.74) is 0.762. The van der Waals surface area contributed by atoms with Crippen molar-refractivity contribution in [1.29, 1.82) is 0 Å². The van der Waals surface area contributed by atoms with E-state index in [0.717, 1.165) is 5.69 Å². The Labute approximate surface area is 81.6 Å². The second kappa shape index (κ2) is 4.45. The van der Waals surface area contributed by atoms with Crippen LogP contribution in [0.15, 0.2) is 12.3 Å². The number of carbonyl (C=O) groups excluding carboxylic acids is 2. The van der Waals surface area contributed by atoms with Crippen LogP contribution in [0.25, 0.3) is 0 Å². The van der Waals surface area contributed by atoms with Gasteiger partial charge >= 0.3 is 0 Å². The zero-order chi connectivity index (χ0) is 10.6. The second-order valence-electron chi connectivity index (χ2n) is 2.95. The van der Waals surface area contributed by atoms with Gasteiger partial charge in [0.1, 0.15) is 5.78 Å². The van der Waals surface area contributed by atoms with Crippen LogP contribution in [0.2, 0.25) is 0 Å². The van der Waals surface area contributed by atoms with Crippen LogP contribution in [-0.4, -0.2) is 21.7 Å². The summed E-state index contributed by atoms with van der Waals surface area (Å²) in [7, 11) is 0. The van der Waals surface area contributed by atoms with E-state index in [1.165, 1.54) is 6.92 Å². The van der Waals surface area contributed by atoms with Crippen molar-refractivity contribution in [3.63, 3.8) is 0 Å². The maximum atomic E-state index is 11.1. The first-order valence-corrected chi connectivity index (χ1v) is 4.17. The molecule has 0 bridgehead atoms.